The van der Waals surface area contributed by atoms with Crippen molar-refractivity contribution in [1.82, 2.24) is 0 Å². The van der Waals surface area contributed by atoms with Gasteiger partial charge >= 0.3 is 50.5 Å². The number of nitrogens with zero attached hydrogens (tertiary/aromatic N) is 3. The molecule has 30 heavy (non-hydrogen) atoms. The Bertz CT molecular complexity index is 408. The SMILES string of the molecule is C.C.C[N+](C)(C)CC(C[C-]=O)O[N+](=O)[O-].I.I[I-]I.[3H]C(C[C-]=O)C[N+](C)(C)C.[Y].[Y]. The summed E-state index contributed by atoms with van der Waals surface area (Å²) >= 11 is 5.30. The second-order valence-electron chi connectivity index (χ2n) is 6.94. The largest absolute Gasteiger partial charge is 0.542 e. The monoisotopic (exact) mass is 1040 g/mol. The van der Waals surface area contributed by atoms with Gasteiger partial charge in [-0.3, -0.25) is 12.6 Å². The Labute approximate surface area is 283 Å². The van der Waals surface area contributed by atoms with E-state index in [0.717, 1.165) is 4.48 Å². The zero-order valence-electron chi connectivity index (χ0n) is 18.1. The second kappa shape index (κ2) is 34.8. The molecule has 0 saturated heterocycles. The van der Waals surface area contributed by atoms with E-state index in [4.69, 9.17) is 1.37 Å². The van der Waals surface area contributed by atoms with E-state index in [1.54, 1.807) is 12.6 Å². The van der Waals surface area contributed by atoms with Crippen molar-refractivity contribution in [2.75, 3.05) is 55.4 Å². The molecule has 0 bridgehead atoms. The summed E-state index contributed by atoms with van der Waals surface area (Å²) in [5, 5.41) is 9.14. The van der Waals surface area contributed by atoms with Crippen LogP contribution in [-0.4, -0.2) is 88.1 Å². The number of rotatable bonds is 10. The molecule has 0 aromatic rings. The van der Waals surface area contributed by atoms with Gasteiger partial charge in [0.15, 0.2) is 0 Å². The molecule has 0 aliphatic carbocycles. The number of hydrogen-bond donors (Lipinski definition) is 0. The third kappa shape index (κ3) is 63.4. The zero-order chi connectivity index (χ0) is 21.4. The topological polar surface area (TPSA) is 86.5 Å². The summed E-state index contributed by atoms with van der Waals surface area (Å²) in [5.74, 6) is 0. The Morgan fingerprint density at radius 2 is 1.47 bits per heavy atom. The first-order valence-corrected chi connectivity index (χ1v) is 19.7. The van der Waals surface area contributed by atoms with E-state index < -0.39 is 11.2 Å². The standard InChI is InChI=1S/C7H14N2O4.C7H15NO.2CH4.I3.HI.2Y/c1-9(2,3)6-7(4-5-10)13-8(11)12;1-8(2,3)6-4-5-7-9;;;1-3-2;;;/h7H,4,6H2,1-3H3;4-6H2,1-3H3;2*1H4;;1H;;/q;;;;-1;;;/i;4T;;;;;;. The third-order valence-electron chi connectivity index (χ3n) is 2.20. The van der Waals surface area contributed by atoms with Crippen molar-refractivity contribution >= 4 is 73.8 Å². The van der Waals surface area contributed by atoms with E-state index in [-0.39, 0.29) is 123 Å². The normalized spacial score (nSPS) is 11.5. The molecule has 2 unspecified atom stereocenters. The molecule has 0 heterocycles. The molecule has 8 nitrogen and oxygen atoms in total. The molecule has 14 heteroatoms. The maximum absolute atomic E-state index is 10.0. The molecule has 2 atom stereocenters. The molecule has 0 N–H and O–H groups in total. The Morgan fingerprint density at radius 3 is 1.70 bits per heavy atom. The molecule has 182 valence electrons. The van der Waals surface area contributed by atoms with Crippen molar-refractivity contribution in [1.29, 1.82) is 0 Å². The van der Waals surface area contributed by atoms with Gasteiger partial charge in [-0.1, -0.05) is 14.9 Å². The van der Waals surface area contributed by atoms with E-state index in [1.165, 1.54) is 0 Å². The molecule has 2 radical (unpaired) electrons. The number of hydrogen-bond acceptors (Lipinski definition) is 5. The van der Waals surface area contributed by atoms with Crippen molar-refractivity contribution in [3.05, 3.63) is 10.1 Å². The molecule has 0 aromatic heterocycles. The maximum atomic E-state index is 10.0. The van der Waals surface area contributed by atoms with E-state index in [1.807, 2.05) is 42.3 Å². The van der Waals surface area contributed by atoms with Gasteiger partial charge < -0.3 is 23.4 Å². The van der Waals surface area contributed by atoms with E-state index >= 15 is 0 Å². The van der Waals surface area contributed by atoms with Gasteiger partial charge in [0.25, 0.3) is 5.09 Å². The average molecular weight is 1040 g/mol. The molecular weight excluding hydrogens is 1000 g/mol. The smallest absolute Gasteiger partial charge is 0.0757 e. The van der Waals surface area contributed by atoms with Crippen LogP contribution < -0.4 is 13.3 Å². The summed E-state index contributed by atoms with van der Waals surface area (Å²) in [7, 11) is 11.6. The van der Waals surface area contributed by atoms with Crippen LogP contribution in [0.3, 0.4) is 0 Å². The van der Waals surface area contributed by atoms with Gasteiger partial charge in [0, 0.05) is 66.8 Å². The Kier molecular flexibility index (Phi) is 58.5. The van der Waals surface area contributed by atoms with E-state index in [0.29, 0.717) is 30.8 Å². The van der Waals surface area contributed by atoms with Gasteiger partial charge in [0.05, 0.1) is 48.8 Å². The molecular formula is C16H38I4N3O5Y2-. The van der Waals surface area contributed by atoms with Crippen LogP contribution in [0.1, 0.15) is 35.5 Å². The van der Waals surface area contributed by atoms with Crippen LogP contribution in [-0.2, 0) is 79.8 Å². The minimum absolute atomic E-state index is 0. The van der Waals surface area contributed by atoms with Crippen LogP contribution in [0.25, 0.3) is 0 Å². The van der Waals surface area contributed by atoms with E-state index in [2.05, 4.69) is 42.1 Å². The van der Waals surface area contributed by atoms with Crippen LogP contribution in [0.15, 0.2) is 0 Å². The Morgan fingerprint density at radius 1 is 1.07 bits per heavy atom. The molecule has 0 saturated carbocycles. The van der Waals surface area contributed by atoms with Crippen molar-refractivity contribution < 1.29 is 109 Å². The molecule has 0 amide bonds. The summed E-state index contributed by atoms with van der Waals surface area (Å²) in [6.07, 6.45) is 2.51. The zero-order valence-corrected chi connectivity index (χ0v) is 31.5. The van der Waals surface area contributed by atoms with Gasteiger partial charge in [-0.2, -0.15) is 0 Å². The number of quaternary nitrogens is 2. The Hall–Kier alpha value is 3.59. The summed E-state index contributed by atoms with van der Waals surface area (Å²) in [5.41, 5.74) is 0. The van der Waals surface area contributed by atoms with Gasteiger partial charge in [-0.15, -0.1) is 46.9 Å². The van der Waals surface area contributed by atoms with Crippen LogP contribution in [0.2, 0.25) is 0 Å². The number of halogens is 4. The maximum Gasteiger partial charge on any atom is 0.0757 e. The van der Waals surface area contributed by atoms with Crippen LogP contribution in [0.4, 0.5) is 0 Å². The molecule has 0 aromatic carbocycles. The number of likely N-dealkylation sites (N-methyl/N-ethyl adjacent to an activating group) is 1. The molecule has 0 spiro atoms. The summed E-state index contributed by atoms with van der Waals surface area (Å²) in [6.45, 7) is 1.10. The molecule has 0 aliphatic rings. The minimum Gasteiger partial charge on any atom is -0.542 e. The van der Waals surface area contributed by atoms with Crippen molar-refractivity contribution in [3.63, 3.8) is 0 Å². The average Bonchev–Trinajstić information content (AvgIpc) is 2.35. The van der Waals surface area contributed by atoms with Gasteiger partial charge in [0.2, 0.25) is 0 Å². The molecule has 0 fully saturated rings. The first kappa shape index (κ1) is 50.5. The van der Waals surface area contributed by atoms with Gasteiger partial charge in [-0.25, -0.2) is 0 Å². The van der Waals surface area contributed by atoms with Gasteiger partial charge in [-0.05, 0) is 6.40 Å². The van der Waals surface area contributed by atoms with Gasteiger partial charge in [0.1, 0.15) is 12.6 Å². The predicted molar refractivity (Wildman–Crippen MR) is 140 cm³/mol. The fourth-order valence-electron chi connectivity index (χ4n) is 1.47. The van der Waals surface area contributed by atoms with Crippen LogP contribution >= 0.6 is 61.2 Å². The van der Waals surface area contributed by atoms with Crippen LogP contribution in [0.5, 0.6) is 0 Å². The first-order chi connectivity index (χ1) is 11.7. The summed E-state index contributed by atoms with van der Waals surface area (Å²) in [4.78, 5) is 34.2. The summed E-state index contributed by atoms with van der Waals surface area (Å²) in [6, 6.07) is 0. The minimum atomic E-state index is -0.877. The Balaban J connectivity index is -0.0000000447. The quantitative estimate of drug-likeness (QED) is 0.107. The first-order valence-electron chi connectivity index (χ1n) is 7.71. The molecule has 0 rings (SSSR count). The van der Waals surface area contributed by atoms with E-state index in [9.17, 15) is 19.7 Å². The van der Waals surface area contributed by atoms with Crippen molar-refractivity contribution in [3.8, 4) is 0 Å². The second-order valence-corrected chi connectivity index (χ2v) is 23.2. The third-order valence-corrected chi connectivity index (χ3v) is 2.20. The fourth-order valence-corrected chi connectivity index (χ4v) is 1.47. The van der Waals surface area contributed by atoms with Crippen LogP contribution in [0, 0.1) is 10.1 Å². The van der Waals surface area contributed by atoms with Crippen molar-refractivity contribution in [2.24, 2.45) is 0 Å². The summed E-state index contributed by atoms with van der Waals surface area (Å²) < 4.78 is 8.58. The van der Waals surface area contributed by atoms with Crippen molar-refractivity contribution in [2.45, 2.75) is 40.2 Å². The fraction of sp³-hybridized carbons (Fsp3) is 0.875. The number of carbonyl (C=O) groups excluding carboxylic acids is 2. The predicted octanol–water partition coefficient (Wildman–Crippen LogP) is 1.01. The molecule has 0 aliphatic heterocycles.